The molecular formula is C10H19F2N. The molecule has 0 saturated heterocycles. The molecule has 1 aliphatic rings. The Kier molecular flexibility index (Phi) is 3.65. The van der Waals surface area contributed by atoms with E-state index >= 15 is 0 Å². The number of alkyl halides is 2. The van der Waals surface area contributed by atoms with Crippen LogP contribution in [0.5, 0.6) is 0 Å². The zero-order valence-electron chi connectivity index (χ0n) is 8.45. The summed E-state index contributed by atoms with van der Waals surface area (Å²) in [5.74, 6) is -1.89. The van der Waals surface area contributed by atoms with Gasteiger partial charge in [-0.1, -0.05) is 13.8 Å². The van der Waals surface area contributed by atoms with Gasteiger partial charge in [0.25, 0.3) is 0 Å². The molecule has 0 aliphatic heterocycles. The molecule has 1 rings (SSSR count). The van der Waals surface area contributed by atoms with E-state index in [1.165, 1.54) is 0 Å². The summed E-state index contributed by atoms with van der Waals surface area (Å²) in [7, 11) is 0. The largest absolute Gasteiger partial charge is 0.314 e. The predicted molar refractivity (Wildman–Crippen MR) is 50.0 cm³/mol. The lowest BCUT2D eigenvalue weighted by atomic mass is 9.92. The molecular weight excluding hydrogens is 172 g/mol. The van der Waals surface area contributed by atoms with E-state index in [0.29, 0.717) is 12.3 Å². The van der Waals surface area contributed by atoms with E-state index in [1.54, 1.807) is 0 Å². The lowest BCUT2D eigenvalue weighted by Crippen LogP contribution is -2.40. The molecule has 78 valence electrons. The molecule has 1 unspecified atom stereocenters. The molecule has 1 N–H and O–H groups in total. The zero-order chi connectivity index (χ0) is 9.90. The van der Waals surface area contributed by atoms with Gasteiger partial charge in [-0.2, -0.15) is 0 Å². The van der Waals surface area contributed by atoms with Crippen LogP contribution in [0.15, 0.2) is 0 Å². The number of rotatable bonds is 3. The molecule has 0 bridgehead atoms. The fourth-order valence-electron chi connectivity index (χ4n) is 1.75. The number of halogens is 2. The zero-order valence-corrected chi connectivity index (χ0v) is 8.45. The van der Waals surface area contributed by atoms with Crippen LogP contribution in [-0.2, 0) is 0 Å². The summed E-state index contributed by atoms with van der Waals surface area (Å²) in [6, 6.07) is 0.0335. The Morgan fingerprint density at radius 2 is 2.15 bits per heavy atom. The molecule has 0 aromatic rings. The second-order valence-corrected chi connectivity index (χ2v) is 4.45. The molecule has 1 saturated carbocycles. The molecule has 0 aromatic heterocycles. The van der Waals surface area contributed by atoms with Crippen molar-refractivity contribution in [3.63, 3.8) is 0 Å². The summed E-state index contributed by atoms with van der Waals surface area (Å²) < 4.78 is 25.9. The Morgan fingerprint density at radius 3 is 2.69 bits per heavy atom. The average Bonchev–Trinajstić information content (AvgIpc) is 1.99. The topological polar surface area (TPSA) is 12.0 Å². The second-order valence-electron chi connectivity index (χ2n) is 4.45. The summed E-state index contributed by atoms with van der Waals surface area (Å²) in [6.07, 6.45) is 1.66. The summed E-state index contributed by atoms with van der Waals surface area (Å²) in [4.78, 5) is 0. The van der Waals surface area contributed by atoms with E-state index in [4.69, 9.17) is 0 Å². The Balaban J connectivity index is 2.26. The molecule has 1 aliphatic carbocycles. The maximum absolute atomic E-state index is 12.9. The van der Waals surface area contributed by atoms with Crippen LogP contribution in [0, 0.1) is 5.92 Å². The lowest BCUT2D eigenvalue weighted by Gasteiger charge is -2.30. The highest BCUT2D eigenvalue weighted by atomic mass is 19.3. The number of hydrogen-bond donors (Lipinski definition) is 1. The van der Waals surface area contributed by atoms with Crippen molar-refractivity contribution >= 4 is 0 Å². The van der Waals surface area contributed by atoms with Gasteiger partial charge in [-0.15, -0.1) is 0 Å². The van der Waals surface area contributed by atoms with E-state index in [1.807, 2.05) is 0 Å². The lowest BCUT2D eigenvalue weighted by molar-refractivity contribution is -0.0442. The highest BCUT2D eigenvalue weighted by molar-refractivity contribution is 4.82. The summed E-state index contributed by atoms with van der Waals surface area (Å²) in [5.41, 5.74) is 0. The van der Waals surface area contributed by atoms with Crippen LogP contribution in [0.2, 0.25) is 0 Å². The van der Waals surface area contributed by atoms with E-state index < -0.39 is 5.92 Å². The molecule has 13 heavy (non-hydrogen) atoms. The molecule has 0 spiro atoms. The van der Waals surface area contributed by atoms with E-state index in [2.05, 4.69) is 19.2 Å². The van der Waals surface area contributed by atoms with Gasteiger partial charge in [0.15, 0.2) is 0 Å². The average molecular weight is 191 g/mol. The summed E-state index contributed by atoms with van der Waals surface area (Å²) in [6.45, 7) is 5.03. The fraction of sp³-hybridized carbons (Fsp3) is 1.00. The Hall–Kier alpha value is -0.180. The summed E-state index contributed by atoms with van der Waals surface area (Å²) in [5, 5.41) is 3.20. The molecule has 1 fully saturated rings. The summed E-state index contributed by atoms with van der Waals surface area (Å²) >= 11 is 0. The number of hydrogen-bond acceptors (Lipinski definition) is 1. The third-order valence-electron chi connectivity index (χ3n) is 2.45. The van der Waals surface area contributed by atoms with Crippen molar-refractivity contribution in [3.05, 3.63) is 0 Å². The smallest absolute Gasteiger partial charge is 0.249 e. The Labute approximate surface area is 78.9 Å². The van der Waals surface area contributed by atoms with Gasteiger partial charge < -0.3 is 5.32 Å². The van der Waals surface area contributed by atoms with Crippen LogP contribution in [0.25, 0.3) is 0 Å². The second kappa shape index (κ2) is 4.36. The first-order valence-electron chi connectivity index (χ1n) is 5.11. The molecule has 1 atom stereocenters. The van der Waals surface area contributed by atoms with Crippen LogP contribution >= 0.6 is 0 Å². The highest BCUT2D eigenvalue weighted by Gasteiger charge is 2.35. The van der Waals surface area contributed by atoms with Crippen molar-refractivity contribution in [1.82, 2.24) is 5.32 Å². The molecule has 0 radical (unpaired) electrons. The van der Waals surface area contributed by atoms with Crippen molar-refractivity contribution in [2.75, 3.05) is 6.54 Å². The Morgan fingerprint density at radius 1 is 1.46 bits per heavy atom. The van der Waals surface area contributed by atoms with Crippen LogP contribution in [-0.4, -0.2) is 18.5 Å². The van der Waals surface area contributed by atoms with Crippen molar-refractivity contribution < 1.29 is 8.78 Å². The van der Waals surface area contributed by atoms with Crippen molar-refractivity contribution in [2.24, 2.45) is 5.92 Å². The van der Waals surface area contributed by atoms with Crippen molar-refractivity contribution in [2.45, 2.75) is 51.5 Å². The maximum atomic E-state index is 12.9. The first-order chi connectivity index (χ1) is 5.99. The monoisotopic (exact) mass is 191 g/mol. The van der Waals surface area contributed by atoms with Gasteiger partial charge in [-0.05, 0) is 25.3 Å². The number of nitrogens with one attached hydrogen (secondary N) is 1. The van der Waals surface area contributed by atoms with Gasteiger partial charge in [-0.3, -0.25) is 0 Å². The van der Waals surface area contributed by atoms with Gasteiger partial charge in [-0.25, -0.2) is 8.78 Å². The van der Waals surface area contributed by atoms with Gasteiger partial charge >= 0.3 is 0 Å². The first kappa shape index (κ1) is 10.9. The third kappa shape index (κ3) is 4.03. The standard InChI is InChI=1S/C10H19F2N/c1-8(2)7-13-9-4-3-5-10(11,12)6-9/h8-9,13H,3-7H2,1-2H3. The van der Waals surface area contributed by atoms with Crippen LogP contribution in [0.4, 0.5) is 8.78 Å². The van der Waals surface area contributed by atoms with Crippen molar-refractivity contribution in [3.8, 4) is 0 Å². The molecule has 3 heteroatoms. The SMILES string of the molecule is CC(C)CNC1CCCC(F)(F)C1. The van der Waals surface area contributed by atoms with Crippen molar-refractivity contribution in [1.29, 1.82) is 0 Å². The minimum Gasteiger partial charge on any atom is -0.314 e. The predicted octanol–water partition coefficient (Wildman–Crippen LogP) is 2.81. The molecule has 1 nitrogen and oxygen atoms in total. The van der Waals surface area contributed by atoms with Gasteiger partial charge in [0.1, 0.15) is 0 Å². The molecule has 0 heterocycles. The van der Waals surface area contributed by atoms with Crippen LogP contribution < -0.4 is 5.32 Å². The minimum absolute atomic E-state index is 0.0275. The third-order valence-corrected chi connectivity index (χ3v) is 2.45. The maximum Gasteiger partial charge on any atom is 0.249 e. The van der Waals surface area contributed by atoms with Gasteiger partial charge in [0, 0.05) is 18.9 Å². The normalized spacial score (nSPS) is 27.9. The fourth-order valence-corrected chi connectivity index (χ4v) is 1.75. The molecule has 0 amide bonds. The highest BCUT2D eigenvalue weighted by Crippen LogP contribution is 2.32. The Bertz CT molecular complexity index is 157. The van der Waals surface area contributed by atoms with E-state index in [-0.39, 0.29) is 18.9 Å². The van der Waals surface area contributed by atoms with Gasteiger partial charge in [0.05, 0.1) is 0 Å². The minimum atomic E-state index is -2.42. The van der Waals surface area contributed by atoms with Crippen LogP contribution in [0.1, 0.15) is 39.5 Å². The quantitative estimate of drug-likeness (QED) is 0.723. The van der Waals surface area contributed by atoms with E-state index in [9.17, 15) is 8.78 Å². The molecule has 0 aromatic carbocycles. The van der Waals surface area contributed by atoms with Gasteiger partial charge in [0.2, 0.25) is 5.92 Å². The van der Waals surface area contributed by atoms with Crippen LogP contribution in [0.3, 0.4) is 0 Å². The van der Waals surface area contributed by atoms with E-state index in [0.717, 1.165) is 13.0 Å². The first-order valence-corrected chi connectivity index (χ1v) is 5.11.